The average molecular weight is 255 g/mol. The van der Waals surface area contributed by atoms with E-state index in [1.165, 1.54) is 6.42 Å². The lowest BCUT2D eigenvalue weighted by Gasteiger charge is -2.22. The fourth-order valence-corrected chi connectivity index (χ4v) is 2.86. The second kappa shape index (κ2) is 5.67. The molecule has 1 amide bonds. The van der Waals surface area contributed by atoms with E-state index in [9.17, 15) is 9.59 Å². The Morgan fingerprint density at radius 2 is 2.22 bits per heavy atom. The summed E-state index contributed by atoms with van der Waals surface area (Å²) >= 11 is 0. The minimum absolute atomic E-state index is 0.125. The van der Waals surface area contributed by atoms with Gasteiger partial charge < -0.3 is 15.8 Å². The van der Waals surface area contributed by atoms with Crippen LogP contribution < -0.4 is 11.1 Å². The Morgan fingerprint density at radius 1 is 1.44 bits per heavy atom. The maximum Gasteiger partial charge on any atom is 0.332 e. The van der Waals surface area contributed by atoms with E-state index in [0.29, 0.717) is 6.04 Å². The predicted molar refractivity (Wildman–Crippen MR) is 65.8 cm³/mol. The number of hydrogen-bond donors (Lipinski definition) is 2. The van der Waals surface area contributed by atoms with Gasteiger partial charge in [0.15, 0.2) is 6.04 Å². The molecule has 3 N–H and O–H groups in total. The minimum Gasteiger partial charge on any atom is -0.464 e. The van der Waals surface area contributed by atoms with Crippen LogP contribution >= 0.6 is 0 Å². The number of nitrogens with one attached hydrogen (secondary N) is 1. The third-order valence-electron chi connectivity index (χ3n) is 3.76. The van der Waals surface area contributed by atoms with Crippen LogP contribution in [0.2, 0.25) is 0 Å². The summed E-state index contributed by atoms with van der Waals surface area (Å²) in [6.45, 7) is 4.06. The lowest BCUT2D eigenvalue weighted by molar-refractivity contribution is -0.148. The maximum atomic E-state index is 11.8. The van der Waals surface area contributed by atoms with Crippen LogP contribution in [0.15, 0.2) is 0 Å². The molecule has 6 heteroatoms. The predicted octanol–water partition coefficient (Wildman–Crippen LogP) is -0.770. The summed E-state index contributed by atoms with van der Waals surface area (Å²) in [5, 5.41) is 2.88. The zero-order chi connectivity index (χ0) is 13.1. The molecule has 2 aliphatic rings. The highest BCUT2D eigenvalue weighted by molar-refractivity contribution is 6.01. The molecule has 0 bridgehead atoms. The highest BCUT2D eigenvalue weighted by atomic mass is 16.5. The van der Waals surface area contributed by atoms with Gasteiger partial charge in [-0.15, -0.1) is 0 Å². The molecule has 0 aliphatic carbocycles. The largest absolute Gasteiger partial charge is 0.464 e. The molecule has 3 unspecified atom stereocenters. The van der Waals surface area contributed by atoms with Crippen LogP contribution in [0.3, 0.4) is 0 Å². The molecule has 0 aromatic heterocycles. The quantitative estimate of drug-likeness (QED) is 0.509. The molecule has 2 rings (SSSR count). The van der Waals surface area contributed by atoms with Crippen LogP contribution in [0, 0.1) is 0 Å². The number of carbonyl (C=O) groups excluding carboxylic acids is 2. The lowest BCUT2D eigenvalue weighted by atomic mass is 10.1. The number of fused-ring (bicyclic) bond motifs is 1. The van der Waals surface area contributed by atoms with Crippen molar-refractivity contribution in [2.24, 2.45) is 5.73 Å². The molecule has 18 heavy (non-hydrogen) atoms. The van der Waals surface area contributed by atoms with Crippen LogP contribution in [0.1, 0.15) is 26.2 Å². The number of nitrogens with two attached hydrogens (primary N) is 1. The number of amides is 1. The molecular formula is C12H21N3O3. The van der Waals surface area contributed by atoms with E-state index in [1.54, 1.807) is 6.92 Å². The van der Waals surface area contributed by atoms with E-state index in [2.05, 4.69) is 10.2 Å². The van der Waals surface area contributed by atoms with Crippen LogP contribution in [0.5, 0.6) is 0 Å². The molecule has 0 spiro atoms. The van der Waals surface area contributed by atoms with Crippen molar-refractivity contribution in [1.82, 2.24) is 10.2 Å². The van der Waals surface area contributed by atoms with Crippen LogP contribution in [0.25, 0.3) is 0 Å². The van der Waals surface area contributed by atoms with Crippen molar-refractivity contribution in [3.63, 3.8) is 0 Å². The molecule has 3 atom stereocenters. The Balaban J connectivity index is 1.85. The molecule has 102 valence electrons. The summed E-state index contributed by atoms with van der Waals surface area (Å²) in [4.78, 5) is 25.6. The van der Waals surface area contributed by atoms with Gasteiger partial charge in [-0.25, -0.2) is 4.79 Å². The van der Waals surface area contributed by atoms with E-state index >= 15 is 0 Å². The van der Waals surface area contributed by atoms with Gasteiger partial charge in [-0.1, -0.05) is 0 Å². The van der Waals surface area contributed by atoms with Gasteiger partial charge in [0.2, 0.25) is 5.91 Å². The summed E-state index contributed by atoms with van der Waals surface area (Å²) in [5.74, 6) is -1.08. The van der Waals surface area contributed by atoms with Crippen molar-refractivity contribution in [2.75, 3.05) is 19.7 Å². The number of ether oxygens (including phenoxy) is 1. The molecule has 2 saturated heterocycles. The molecule has 2 heterocycles. The zero-order valence-electron chi connectivity index (χ0n) is 10.7. The SMILES string of the molecule is CCOC(=O)C(N)C(=O)NC1CCN2CCCC12. The fraction of sp³-hybridized carbons (Fsp3) is 0.833. The Bertz CT molecular complexity index is 335. The number of hydrogen-bond acceptors (Lipinski definition) is 5. The first-order valence-corrected chi connectivity index (χ1v) is 6.60. The monoisotopic (exact) mass is 255 g/mol. The topological polar surface area (TPSA) is 84.7 Å². The standard InChI is InChI=1S/C12H21N3O3/c1-2-18-12(17)10(13)11(16)14-8-5-7-15-6-3-4-9(8)15/h8-10H,2-7,13H2,1H3,(H,14,16). The molecule has 2 fully saturated rings. The Hall–Kier alpha value is -1.14. The van der Waals surface area contributed by atoms with Crippen molar-refractivity contribution in [3.05, 3.63) is 0 Å². The van der Waals surface area contributed by atoms with E-state index in [4.69, 9.17) is 10.5 Å². The lowest BCUT2D eigenvalue weighted by Crippen LogP contribution is -2.52. The van der Waals surface area contributed by atoms with Crippen molar-refractivity contribution >= 4 is 11.9 Å². The van der Waals surface area contributed by atoms with Gasteiger partial charge in [-0.3, -0.25) is 9.69 Å². The summed E-state index contributed by atoms with van der Waals surface area (Å²) in [7, 11) is 0. The average Bonchev–Trinajstić information content (AvgIpc) is 2.93. The first-order valence-electron chi connectivity index (χ1n) is 6.60. The maximum absolute atomic E-state index is 11.8. The fourth-order valence-electron chi connectivity index (χ4n) is 2.86. The van der Waals surface area contributed by atoms with Crippen molar-refractivity contribution in [1.29, 1.82) is 0 Å². The Morgan fingerprint density at radius 3 is 2.94 bits per heavy atom. The summed E-state index contributed by atoms with van der Waals surface area (Å²) in [5.41, 5.74) is 5.56. The molecule has 0 saturated carbocycles. The van der Waals surface area contributed by atoms with Gasteiger partial charge in [-0.2, -0.15) is 0 Å². The highest BCUT2D eigenvalue weighted by Gasteiger charge is 2.39. The van der Waals surface area contributed by atoms with Crippen LogP contribution in [-0.2, 0) is 14.3 Å². The number of esters is 1. The molecule has 0 aromatic rings. The Labute approximate surface area is 107 Å². The van der Waals surface area contributed by atoms with Gasteiger partial charge in [0, 0.05) is 18.6 Å². The number of nitrogens with zero attached hydrogens (tertiary/aromatic N) is 1. The van der Waals surface area contributed by atoms with Crippen LogP contribution in [-0.4, -0.2) is 54.6 Å². The van der Waals surface area contributed by atoms with Gasteiger partial charge in [0.05, 0.1) is 6.61 Å². The highest BCUT2D eigenvalue weighted by Crippen LogP contribution is 2.27. The minimum atomic E-state index is -1.21. The van der Waals surface area contributed by atoms with E-state index in [1.807, 2.05) is 0 Å². The third-order valence-corrected chi connectivity index (χ3v) is 3.76. The molecule has 0 aromatic carbocycles. The third kappa shape index (κ3) is 2.64. The molecule has 6 nitrogen and oxygen atoms in total. The van der Waals surface area contributed by atoms with Crippen molar-refractivity contribution < 1.29 is 14.3 Å². The normalized spacial score (nSPS) is 28.8. The van der Waals surface area contributed by atoms with Gasteiger partial charge in [0.1, 0.15) is 0 Å². The second-order valence-electron chi connectivity index (χ2n) is 4.88. The smallest absolute Gasteiger partial charge is 0.332 e. The van der Waals surface area contributed by atoms with E-state index in [-0.39, 0.29) is 12.6 Å². The summed E-state index contributed by atoms with van der Waals surface area (Å²) < 4.78 is 4.74. The van der Waals surface area contributed by atoms with E-state index < -0.39 is 17.9 Å². The van der Waals surface area contributed by atoms with Gasteiger partial charge >= 0.3 is 5.97 Å². The van der Waals surface area contributed by atoms with Gasteiger partial charge in [0.25, 0.3) is 0 Å². The molecule has 2 aliphatic heterocycles. The van der Waals surface area contributed by atoms with Crippen LogP contribution in [0.4, 0.5) is 0 Å². The second-order valence-corrected chi connectivity index (χ2v) is 4.88. The van der Waals surface area contributed by atoms with E-state index in [0.717, 1.165) is 25.9 Å². The molecule has 0 radical (unpaired) electrons. The Kier molecular flexibility index (Phi) is 4.19. The number of rotatable bonds is 4. The van der Waals surface area contributed by atoms with Crippen molar-refractivity contribution in [3.8, 4) is 0 Å². The van der Waals surface area contributed by atoms with Gasteiger partial charge in [-0.05, 0) is 32.7 Å². The first-order chi connectivity index (χ1) is 8.63. The number of carbonyl (C=O) groups is 2. The summed E-state index contributed by atoms with van der Waals surface area (Å²) in [6, 6.07) is -0.663. The summed E-state index contributed by atoms with van der Waals surface area (Å²) in [6.07, 6.45) is 3.23. The molecular weight excluding hydrogens is 234 g/mol. The first kappa shape index (κ1) is 13.3. The van der Waals surface area contributed by atoms with Crippen molar-refractivity contribution in [2.45, 2.75) is 44.3 Å². The zero-order valence-corrected chi connectivity index (χ0v) is 10.7.